The summed E-state index contributed by atoms with van der Waals surface area (Å²) in [6.07, 6.45) is 2.07. The highest BCUT2D eigenvalue weighted by Gasteiger charge is 2.11. The van der Waals surface area contributed by atoms with Crippen molar-refractivity contribution in [2.75, 3.05) is 0 Å². The number of aliphatic hydroxyl groups is 1. The fraction of sp³-hybridized carbons (Fsp3) is 0.471. The summed E-state index contributed by atoms with van der Waals surface area (Å²) in [6, 6.07) is 9.89. The first-order valence-electron chi connectivity index (χ1n) is 7.44. The largest absolute Gasteiger partial charge is 0.491 e. The van der Waals surface area contributed by atoms with Crippen LogP contribution in [-0.2, 0) is 6.42 Å². The Morgan fingerprint density at radius 1 is 1.10 bits per heavy atom. The van der Waals surface area contributed by atoms with Gasteiger partial charge >= 0.3 is 0 Å². The predicted octanol–water partition coefficient (Wildman–Crippen LogP) is 3.53. The lowest BCUT2D eigenvalue weighted by Crippen LogP contribution is -2.07. The van der Waals surface area contributed by atoms with Crippen molar-refractivity contribution >= 4 is 0 Å². The van der Waals surface area contributed by atoms with E-state index in [1.807, 2.05) is 55.1 Å². The number of rotatable bonds is 6. The number of benzene rings is 1. The van der Waals surface area contributed by atoms with Crippen LogP contribution in [0.3, 0.4) is 0 Å². The minimum absolute atomic E-state index is 0.153. The average Bonchev–Trinajstić information content (AvgIpc) is 2.87. The number of aromatic nitrogens is 2. The van der Waals surface area contributed by atoms with Crippen molar-refractivity contribution in [3.05, 3.63) is 47.8 Å². The zero-order valence-electron chi connectivity index (χ0n) is 13.2. The Labute approximate surface area is 126 Å². The molecule has 1 heterocycles. The third-order valence-electron chi connectivity index (χ3n) is 3.23. The number of nitrogens with zero attached hydrogens (tertiary/aromatic N) is 2. The summed E-state index contributed by atoms with van der Waals surface area (Å²) in [5, 5.41) is 14.8. The highest BCUT2D eigenvalue weighted by Crippen LogP contribution is 2.21. The molecule has 0 aliphatic carbocycles. The van der Waals surface area contributed by atoms with Crippen LogP contribution in [0.1, 0.15) is 51.1 Å². The van der Waals surface area contributed by atoms with Gasteiger partial charge in [0.25, 0.3) is 0 Å². The molecule has 1 N–H and O–H groups in total. The molecular formula is C17H24N2O2. The fourth-order valence-corrected chi connectivity index (χ4v) is 2.13. The number of hydrogen-bond donors (Lipinski definition) is 1. The van der Waals surface area contributed by atoms with Crippen molar-refractivity contribution in [2.24, 2.45) is 0 Å². The van der Waals surface area contributed by atoms with Crippen LogP contribution < -0.4 is 4.74 Å². The minimum Gasteiger partial charge on any atom is -0.491 e. The first-order valence-corrected chi connectivity index (χ1v) is 7.44. The average molecular weight is 288 g/mol. The molecule has 2 aromatic rings. The van der Waals surface area contributed by atoms with Gasteiger partial charge in [0.1, 0.15) is 5.75 Å². The second-order valence-corrected chi connectivity index (χ2v) is 5.84. The third-order valence-corrected chi connectivity index (χ3v) is 3.23. The summed E-state index contributed by atoms with van der Waals surface area (Å²) in [5.74, 6) is 0.824. The van der Waals surface area contributed by atoms with Crippen LogP contribution in [0, 0.1) is 0 Å². The second kappa shape index (κ2) is 6.76. The molecule has 0 aliphatic heterocycles. The van der Waals surface area contributed by atoms with Gasteiger partial charge in [-0.05, 0) is 51.5 Å². The van der Waals surface area contributed by atoms with Crippen molar-refractivity contribution < 1.29 is 9.84 Å². The smallest absolute Gasteiger partial charge is 0.119 e. The zero-order chi connectivity index (χ0) is 15.4. The number of hydrogen-bond acceptors (Lipinski definition) is 3. The van der Waals surface area contributed by atoms with E-state index in [-0.39, 0.29) is 6.10 Å². The van der Waals surface area contributed by atoms with E-state index < -0.39 is 6.10 Å². The van der Waals surface area contributed by atoms with Crippen LogP contribution in [0.15, 0.2) is 36.5 Å². The highest BCUT2D eigenvalue weighted by atomic mass is 16.5. The van der Waals surface area contributed by atoms with Crippen molar-refractivity contribution in [3.8, 4) is 5.75 Å². The topological polar surface area (TPSA) is 47.3 Å². The lowest BCUT2D eigenvalue weighted by Gasteiger charge is -2.13. The lowest BCUT2D eigenvalue weighted by atomic mass is 10.1. The van der Waals surface area contributed by atoms with Gasteiger partial charge in [0, 0.05) is 18.7 Å². The Balaban J connectivity index is 2.00. The molecule has 1 unspecified atom stereocenters. The van der Waals surface area contributed by atoms with Crippen LogP contribution in [0.4, 0.5) is 0 Å². The zero-order valence-corrected chi connectivity index (χ0v) is 13.2. The quantitative estimate of drug-likeness (QED) is 0.884. The van der Waals surface area contributed by atoms with Crippen LogP contribution in [0.2, 0.25) is 0 Å². The molecule has 21 heavy (non-hydrogen) atoms. The van der Waals surface area contributed by atoms with Crippen LogP contribution in [0.5, 0.6) is 5.75 Å². The molecule has 0 amide bonds. The molecule has 4 heteroatoms. The molecular weight excluding hydrogens is 264 g/mol. The Morgan fingerprint density at radius 3 is 2.29 bits per heavy atom. The van der Waals surface area contributed by atoms with E-state index in [1.54, 1.807) is 0 Å². The third kappa shape index (κ3) is 4.33. The molecule has 2 rings (SSSR count). The monoisotopic (exact) mass is 288 g/mol. The van der Waals surface area contributed by atoms with Gasteiger partial charge in [0.2, 0.25) is 0 Å². The molecule has 0 saturated heterocycles. The normalized spacial score (nSPS) is 12.9. The van der Waals surface area contributed by atoms with Gasteiger partial charge < -0.3 is 9.84 Å². The van der Waals surface area contributed by atoms with Gasteiger partial charge in [-0.3, -0.25) is 4.68 Å². The second-order valence-electron chi connectivity index (χ2n) is 5.84. The molecule has 114 valence electrons. The van der Waals surface area contributed by atoms with Crippen LogP contribution in [0.25, 0.3) is 0 Å². The maximum Gasteiger partial charge on any atom is 0.119 e. The summed E-state index contributed by atoms with van der Waals surface area (Å²) in [4.78, 5) is 0. The first kappa shape index (κ1) is 15.6. The molecule has 0 saturated carbocycles. The molecule has 1 aromatic carbocycles. The molecule has 0 bridgehead atoms. The molecule has 0 spiro atoms. The molecule has 0 aliphatic rings. The van der Waals surface area contributed by atoms with Gasteiger partial charge in [0.15, 0.2) is 0 Å². The van der Waals surface area contributed by atoms with Crippen molar-refractivity contribution in [1.29, 1.82) is 0 Å². The highest BCUT2D eigenvalue weighted by molar-refractivity contribution is 5.29. The molecule has 4 nitrogen and oxygen atoms in total. The summed E-state index contributed by atoms with van der Waals surface area (Å²) in [6.45, 7) is 8.16. The summed E-state index contributed by atoms with van der Waals surface area (Å²) in [7, 11) is 0. The van der Waals surface area contributed by atoms with Gasteiger partial charge in [-0.15, -0.1) is 0 Å². The predicted molar refractivity (Wildman–Crippen MR) is 83.5 cm³/mol. The van der Waals surface area contributed by atoms with Gasteiger partial charge in [-0.1, -0.05) is 12.1 Å². The van der Waals surface area contributed by atoms with Crippen LogP contribution >= 0.6 is 0 Å². The minimum atomic E-state index is -0.548. The standard InChI is InChI=1S/C17H24N2O2/c1-12(2)19-10-9-15(18-19)11-17(20)14-5-7-16(8-6-14)21-13(3)4/h5-10,12-13,17,20H,11H2,1-4H3. The summed E-state index contributed by atoms with van der Waals surface area (Å²) < 4.78 is 7.50. The fourth-order valence-electron chi connectivity index (χ4n) is 2.13. The molecule has 1 aromatic heterocycles. The van der Waals surface area contributed by atoms with E-state index in [9.17, 15) is 5.11 Å². The van der Waals surface area contributed by atoms with Gasteiger partial charge in [0.05, 0.1) is 17.9 Å². The van der Waals surface area contributed by atoms with E-state index in [0.717, 1.165) is 17.0 Å². The van der Waals surface area contributed by atoms with Crippen molar-refractivity contribution in [1.82, 2.24) is 9.78 Å². The maximum atomic E-state index is 10.3. The molecule has 1 atom stereocenters. The van der Waals surface area contributed by atoms with E-state index >= 15 is 0 Å². The Bertz CT molecular complexity index is 558. The number of ether oxygens (including phenoxy) is 1. The Hall–Kier alpha value is -1.81. The van der Waals surface area contributed by atoms with Crippen molar-refractivity contribution in [3.63, 3.8) is 0 Å². The number of aliphatic hydroxyl groups excluding tert-OH is 1. The van der Waals surface area contributed by atoms with E-state index in [4.69, 9.17) is 4.74 Å². The summed E-state index contributed by atoms with van der Waals surface area (Å²) >= 11 is 0. The van der Waals surface area contributed by atoms with E-state index in [1.165, 1.54) is 0 Å². The first-order chi connectivity index (χ1) is 9.95. The van der Waals surface area contributed by atoms with Gasteiger partial charge in [-0.25, -0.2) is 0 Å². The summed E-state index contributed by atoms with van der Waals surface area (Å²) in [5.41, 5.74) is 1.78. The maximum absolute atomic E-state index is 10.3. The molecule has 0 radical (unpaired) electrons. The van der Waals surface area contributed by atoms with E-state index in [0.29, 0.717) is 12.5 Å². The van der Waals surface area contributed by atoms with E-state index in [2.05, 4.69) is 18.9 Å². The lowest BCUT2D eigenvalue weighted by molar-refractivity contribution is 0.176. The SMILES string of the molecule is CC(C)Oc1ccc(C(O)Cc2ccn(C(C)C)n2)cc1. The Morgan fingerprint density at radius 2 is 1.76 bits per heavy atom. The molecule has 0 fully saturated rings. The Kier molecular flexibility index (Phi) is 5.02. The van der Waals surface area contributed by atoms with Crippen LogP contribution in [-0.4, -0.2) is 21.0 Å². The van der Waals surface area contributed by atoms with Gasteiger partial charge in [-0.2, -0.15) is 5.10 Å². The van der Waals surface area contributed by atoms with Crippen molar-refractivity contribution in [2.45, 2.75) is 52.4 Å².